The molecule has 1 saturated heterocycles. The second kappa shape index (κ2) is 8.63. The highest BCUT2D eigenvalue weighted by Crippen LogP contribution is 2.23. The SMILES string of the molecule is Cc1nc(NC(=O)CN2CCCC(C(=O)N(C)c3ccccc3)C2)sc1C. The molecular formula is C20H26N4O2S. The number of thiazole rings is 1. The van der Waals surface area contributed by atoms with Crippen molar-refractivity contribution in [2.75, 3.05) is 36.9 Å². The third-order valence-corrected chi connectivity index (χ3v) is 5.96. The van der Waals surface area contributed by atoms with Crippen LogP contribution in [0.1, 0.15) is 23.4 Å². The highest BCUT2D eigenvalue weighted by Gasteiger charge is 2.29. The minimum absolute atomic E-state index is 0.0757. The number of nitrogens with one attached hydrogen (secondary N) is 1. The smallest absolute Gasteiger partial charge is 0.240 e. The van der Waals surface area contributed by atoms with Crippen molar-refractivity contribution in [3.05, 3.63) is 40.9 Å². The summed E-state index contributed by atoms with van der Waals surface area (Å²) in [6, 6.07) is 9.67. The van der Waals surface area contributed by atoms with E-state index in [2.05, 4.69) is 15.2 Å². The summed E-state index contributed by atoms with van der Waals surface area (Å²) in [5, 5.41) is 3.52. The van der Waals surface area contributed by atoms with E-state index in [1.807, 2.05) is 51.2 Å². The van der Waals surface area contributed by atoms with Crippen LogP contribution in [-0.2, 0) is 9.59 Å². The molecule has 1 aromatic carbocycles. The van der Waals surface area contributed by atoms with Crippen LogP contribution in [-0.4, -0.2) is 48.4 Å². The highest BCUT2D eigenvalue weighted by molar-refractivity contribution is 7.15. The summed E-state index contributed by atoms with van der Waals surface area (Å²) in [4.78, 5) is 34.4. The fourth-order valence-corrected chi connectivity index (χ4v) is 4.17. The third-order valence-electron chi connectivity index (χ3n) is 4.97. The van der Waals surface area contributed by atoms with Gasteiger partial charge in [0.2, 0.25) is 11.8 Å². The van der Waals surface area contributed by atoms with Gasteiger partial charge in [-0.3, -0.25) is 14.5 Å². The number of piperidine rings is 1. The van der Waals surface area contributed by atoms with Crippen molar-refractivity contribution in [3.8, 4) is 0 Å². The van der Waals surface area contributed by atoms with E-state index in [1.165, 1.54) is 11.3 Å². The summed E-state index contributed by atoms with van der Waals surface area (Å²) >= 11 is 1.49. The zero-order chi connectivity index (χ0) is 19.4. The van der Waals surface area contributed by atoms with Crippen LogP contribution in [0.5, 0.6) is 0 Å². The van der Waals surface area contributed by atoms with Gasteiger partial charge < -0.3 is 10.2 Å². The lowest BCUT2D eigenvalue weighted by molar-refractivity contribution is -0.125. The quantitative estimate of drug-likeness (QED) is 0.858. The molecule has 27 heavy (non-hydrogen) atoms. The third kappa shape index (κ3) is 4.93. The molecule has 0 saturated carbocycles. The van der Waals surface area contributed by atoms with Crippen LogP contribution in [0.2, 0.25) is 0 Å². The Balaban J connectivity index is 1.55. The maximum absolute atomic E-state index is 12.9. The number of carbonyl (C=O) groups excluding carboxylic acids is 2. The first-order valence-electron chi connectivity index (χ1n) is 9.23. The van der Waals surface area contributed by atoms with Crippen molar-refractivity contribution in [2.24, 2.45) is 5.92 Å². The van der Waals surface area contributed by atoms with Crippen molar-refractivity contribution in [2.45, 2.75) is 26.7 Å². The van der Waals surface area contributed by atoms with E-state index < -0.39 is 0 Å². The van der Waals surface area contributed by atoms with Crippen LogP contribution in [0.3, 0.4) is 0 Å². The van der Waals surface area contributed by atoms with Crippen LogP contribution in [0.15, 0.2) is 30.3 Å². The second-order valence-corrected chi connectivity index (χ2v) is 8.22. The first-order chi connectivity index (χ1) is 12.9. The lowest BCUT2D eigenvalue weighted by Gasteiger charge is -2.33. The van der Waals surface area contributed by atoms with Gasteiger partial charge >= 0.3 is 0 Å². The number of anilines is 2. The van der Waals surface area contributed by atoms with Gasteiger partial charge in [0.25, 0.3) is 0 Å². The molecule has 1 aliphatic rings. The maximum atomic E-state index is 12.9. The van der Waals surface area contributed by atoms with Crippen molar-refractivity contribution in [1.82, 2.24) is 9.88 Å². The first-order valence-corrected chi connectivity index (χ1v) is 10.0. The molecule has 1 N–H and O–H groups in total. The monoisotopic (exact) mass is 386 g/mol. The van der Waals surface area contributed by atoms with Gasteiger partial charge in [-0.2, -0.15) is 0 Å². The number of amides is 2. The fourth-order valence-electron chi connectivity index (χ4n) is 3.34. The molecule has 2 amide bonds. The van der Waals surface area contributed by atoms with Crippen LogP contribution >= 0.6 is 11.3 Å². The Bertz CT molecular complexity index is 786. The topological polar surface area (TPSA) is 65.5 Å². The second-order valence-electron chi connectivity index (χ2n) is 7.02. The van der Waals surface area contributed by atoms with Crippen molar-refractivity contribution >= 4 is 34.0 Å². The van der Waals surface area contributed by atoms with Gasteiger partial charge in [0, 0.05) is 24.2 Å². The van der Waals surface area contributed by atoms with Gasteiger partial charge in [-0.1, -0.05) is 18.2 Å². The number of rotatable bonds is 5. The van der Waals surface area contributed by atoms with Gasteiger partial charge in [0.05, 0.1) is 18.2 Å². The Morgan fingerprint density at radius 3 is 2.70 bits per heavy atom. The molecule has 0 bridgehead atoms. The van der Waals surface area contributed by atoms with Crippen LogP contribution < -0.4 is 10.2 Å². The summed E-state index contributed by atoms with van der Waals surface area (Å²) in [5.41, 5.74) is 1.84. The highest BCUT2D eigenvalue weighted by atomic mass is 32.1. The predicted molar refractivity (Wildman–Crippen MR) is 109 cm³/mol. The van der Waals surface area contributed by atoms with Crippen LogP contribution in [0.4, 0.5) is 10.8 Å². The number of aryl methyl sites for hydroxylation is 2. The molecule has 0 aliphatic carbocycles. The van der Waals surface area contributed by atoms with E-state index in [0.717, 1.165) is 35.6 Å². The average Bonchev–Trinajstić information content (AvgIpc) is 2.98. The molecule has 1 unspecified atom stereocenters. The predicted octanol–water partition coefficient (Wildman–Crippen LogP) is 3.07. The first kappa shape index (κ1) is 19.5. The standard InChI is InChI=1S/C20H26N4O2S/c1-14-15(2)27-20(21-14)22-18(25)13-24-11-7-8-16(12-24)19(26)23(3)17-9-5-4-6-10-17/h4-6,9-10,16H,7-8,11-13H2,1-3H3,(H,21,22,25). The Morgan fingerprint density at radius 2 is 2.04 bits per heavy atom. The molecular weight excluding hydrogens is 360 g/mol. The molecule has 3 rings (SSSR count). The average molecular weight is 387 g/mol. The number of hydrogen-bond acceptors (Lipinski definition) is 5. The molecule has 1 atom stereocenters. The van der Waals surface area contributed by atoms with Crippen molar-refractivity contribution < 1.29 is 9.59 Å². The normalized spacial score (nSPS) is 17.5. The van der Waals surface area contributed by atoms with Crippen LogP contribution in [0, 0.1) is 19.8 Å². The number of hydrogen-bond donors (Lipinski definition) is 1. The van der Waals surface area contributed by atoms with Crippen LogP contribution in [0.25, 0.3) is 0 Å². The Hall–Kier alpha value is -2.25. The summed E-state index contributed by atoms with van der Waals surface area (Å²) in [6.45, 7) is 5.66. The van der Waals surface area contributed by atoms with Crippen molar-refractivity contribution in [3.63, 3.8) is 0 Å². The van der Waals surface area contributed by atoms with Gasteiger partial charge in [0.1, 0.15) is 0 Å². The molecule has 1 aromatic heterocycles. The minimum Gasteiger partial charge on any atom is -0.315 e. The summed E-state index contributed by atoms with van der Waals surface area (Å²) in [7, 11) is 1.82. The van der Waals surface area contributed by atoms with Gasteiger partial charge in [-0.15, -0.1) is 11.3 Å². The molecule has 1 fully saturated rings. The lowest BCUT2D eigenvalue weighted by Crippen LogP contribution is -2.46. The van der Waals surface area contributed by atoms with E-state index in [9.17, 15) is 9.59 Å². The molecule has 6 nitrogen and oxygen atoms in total. The molecule has 144 valence electrons. The maximum Gasteiger partial charge on any atom is 0.240 e. The number of carbonyl (C=O) groups is 2. The van der Waals surface area contributed by atoms with Gasteiger partial charge in [0.15, 0.2) is 5.13 Å². The number of benzene rings is 1. The number of para-hydroxylation sites is 1. The van der Waals surface area contributed by atoms with E-state index >= 15 is 0 Å². The van der Waals surface area contributed by atoms with E-state index in [4.69, 9.17) is 0 Å². The van der Waals surface area contributed by atoms with Gasteiger partial charge in [-0.25, -0.2) is 4.98 Å². The summed E-state index contributed by atoms with van der Waals surface area (Å²) < 4.78 is 0. The lowest BCUT2D eigenvalue weighted by atomic mass is 9.96. The summed E-state index contributed by atoms with van der Waals surface area (Å²) in [5.74, 6) is -0.0492. The molecule has 1 aliphatic heterocycles. The minimum atomic E-state index is -0.0823. The van der Waals surface area contributed by atoms with Gasteiger partial charge in [-0.05, 0) is 45.4 Å². The van der Waals surface area contributed by atoms with Crippen molar-refractivity contribution in [1.29, 1.82) is 0 Å². The molecule has 7 heteroatoms. The summed E-state index contributed by atoms with van der Waals surface area (Å²) in [6.07, 6.45) is 1.78. The Morgan fingerprint density at radius 1 is 1.30 bits per heavy atom. The largest absolute Gasteiger partial charge is 0.315 e. The molecule has 0 spiro atoms. The number of nitrogens with zero attached hydrogens (tertiary/aromatic N) is 3. The number of likely N-dealkylation sites (tertiary alicyclic amines) is 1. The molecule has 0 radical (unpaired) electrons. The van der Waals surface area contributed by atoms with E-state index in [1.54, 1.807) is 4.90 Å². The molecule has 2 aromatic rings. The van der Waals surface area contributed by atoms with E-state index in [0.29, 0.717) is 11.7 Å². The number of aromatic nitrogens is 1. The Labute approximate surface area is 164 Å². The van der Waals surface area contributed by atoms with E-state index in [-0.39, 0.29) is 24.3 Å². The zero-order valence-corrected chi connectivity index (χ0v) is 16.9. The zero-order valence-electron chi connectivity index (χ0n) is 16.1. The molecule has 2 heterocycles. The fraction of sp³-hybridized carbons (Fsp3) is 0.450. The Kier molecular flexibility index (Phi) is 6.23.